The number of aryl methyl sites for hydroxylation is 1. The molecule has 0 radical (unpaired) electrons. The van der Waals surface area contributed by atoms with Crippen LogP contribution in [0.15, 0.2) is 29.6 Å². The number of esters is 1. The van der Waals surface area contributed by atoms with Gasteiger partial charge >= 0.3 is 5.97 Å². The first kappa shape index (κ1) is 18.5. The van der Waals surface area contributed by atoms with Crippen LogP contribution in [0.25, 0.3) is 0 Å². The van der Waals surface area contributed by atoms with Crippen molar-refractivity contribution < 1.29 is 14.3 Å². The monoisotopic (exact) mass is 373 g/mol. The highest BCUT2D eigenvalue weighted by Crippen LogP contribution is 2.15. The van der Waals surface area contributed by atoms with E-state index in [1.165, 1.54) is 12.1 Å². The SMILES string of the molecule is CCc1nc(CN2CCN(C(=O)c3ccc(C(=O)OC)cc3)CC2)cs1. The van der Waals surface area contributed by atoms with Crippen molar-refractivity contribution in [1.82, 2.24) is 14.8 Å². The number of nitrogens with zero attached hydrogens (tertiary/aromatic N) is 3. The third-order valence-corrected chi connectivity index (χ3v) is 5.54. The highest BCUT2D eigenvalue weighted by molar-refractivity contribution is 7.09. The third-order valence-electron chi connectivity index (χ3n) is 4.50. The van der Waals surface area contributed by atoms with Crippen LogP contribution >= 0.6 is 11.3 Å². The molecule has 3 rings (SSSR count). The van der Waals surface area contributed by atoms with Crippen LogP contribution in [0.5, 0.6) is 0 Å². The van der Waals surface area contributed by atoms with Crippen LogP contribution in [0.1, 0.15) is 38.3 Å². The largest absolute Gasteiger partial charge is 0.465 e. The number of methoxy groups -OCH3 is 1. The summed E-state index contributed by atoms with van der Waals surface area (Å²) in [5.74, 6) is -0.395. The minimum absolute atomic E-state index is 0.00277. The van der Waals surface area contributed by atoms with Gasteiger partial charge in [-0.15, -0.1) is 11.3 Å². The van der Waals surface area contributed by atoms with Crippen molar-refractivity contribution >= 4 is 23.2 Å². The van der Waals surface area contributed by atoms with E-state index < -0.39 is 5.97 Å². The Bertz CT molecular complexity index is 765. The number of amides is 1. The maximum atomic E-state index is 12.6. The van der Waals surface area contributed by atoms with Gasteiger partial charge < -0.3 is 9.64 Å². The van der Waals surface area contributed by atoms with Gasteiger partial charge in [0, 0.05) is 43.7 Å². The van der Waals surface area contributed by atoms with Gasteiger partial charge in [0.15, 0.2) is 0 Å². The Labute approximate surface area is 157 Å². The summed E-state index contributed by atoms with van der Waals surface area (Å²) in [5.41, 5.74) is 2.16. The summed E-state index contributed by atoms with van der Waals surface area (Å²) < 4.78 is 4.68. The first-order chi connectivity index (χ1) is 12.6. The van der Waals surface area contributed by atoms with E-state index in [1.54, 1.807) is 35.6 Å². The summed E-state index contributed by atoms with van der Waals surface area (Å²) in [5, 5.41) is 3.29. The van der Waals surface area contributed by atoms with Gasteiger partial charge in [-0.3, -0.25) is 9.69 Å². The summed E-state index contributed by atoms with van der Waals surface area (Å²) >= 11 is 1.71. The van der Waals surface area contributed by atoms with Gasteiger partial charge in [0.25, 0.3) is 5.91 Å². The molecule has 1 aliphatic rings. The van der Waals surface area contributed by atoms with Gasteiger partial charge in [0.05, 0.1) is 23.4 Å². The highest BCUT2D eigenvalue weighted by Gasteiger charge is 2.22. The molecule has 0 spiro atoms. The number of benzene rings is 1. The molecule has 0 unspecified atom stereocenters. The summed E-state index contributed by atoms with van der Waals surface area (Å²) in [7, 11) is 1.34. The fourth-order valence-corrected chi connectivity index (χ4v) is 3.71. The first-order valence-electron chi connectivity index (χ1n) is 8.74. The van der Waals surface area contributed by atoms with Gasteiger partial charge in [-0.05, 0) is 30.7 Å². The molecule has 0 atom stereocenters. The number of thiazole rings is 1. The molecule has 2 heterocycles. The van der Waals surface area contributed by atoms with E-state index in [9.17, 15) is 9.59 Å². The number of hydrogen-bond donors (Lipinski definition) is 0. The van der Waals surface area contributed by atoms with Crippen LogP contribution in [-0.4, -0.2) is 59.9 Å². The van der Waals surface area contributed by atoms with Crippen molar-refractivity contribution in [3.8, 4) is 0 Å². The molecule has 0 bridgehead atoms. The predicted octanol–water partition coefficient (Wildman–Crippen LogP) is 2.45. The van der Waals surface area contributed by atoms with E-state index in [4.69, 9.17) is 0 Å². The average Bonchev–Trinajstić information content (AvgIpc) is 3.15. The van der Waals surface area contributed by atoms with Crippen molar-refractivity contribution in [3.63, 3.8) is 0 Å². The first-order valence-corrected chi connectivity index (χ1v) is 9.62. The second kappa shape index (κ2) is 8.42. The fraction of sp³-hybridized carbons (Fsp3) is 0.421. The number of aromatic nitrogens is 1. The lowest BCUT2D eigenvalue weighted by atomic mass is 10.1. The van der Waals surface area contributed by atoms with Crippen molar-refractivity contribution in [2.45, 2.75) is 19.9 Å². The molecule has 1 fully saturated rings. The molecule has 0 aliphatic carbocycles. The average molecular weight is 373 g/mol. The molecule has 0 saturated carbocycles. The van der Waals surface area contributed by atoms with Crippen molar-refractivity contribution in [2.24, 2.45) is 0 Å². The molecule has 138 valence electrons. The standard InChI is InChI=1S/C19H23N3O3S/c1-3-17-20-16(13-26-17)12-21-8-10-22(11-9-21)18(23)14-4-6-15(7-5-14)19(24)25-2/h4-7,13H,3,8-12H2,1-2H3. The van der Waals surface area contributed by atoms with E-state index in [0.717, 1.165) is 31.7 Å². The van der Waals surface area contributed by atoms with Gasteiger partial charge in [0.2, 0.25) is 0 Å². The van der Waals surface area contributed by atoms with E-state index >= 15 is 0 Å². The Kier molecular flexibility index (Phi) is 6.00. The normalized spacial score (nSPS) is 15.1. The highest BCUT2D eigenvalue weighted by atomic mass is 32.1. The maximum absolute atomic E-state index is 12.6. The molecule has 1 aromatic heterocycles. The molecule has 0 N–H and O–H groups in total. The van der Waals surface area contributed by atoms with E-state index in [1.807, 2.05) is 4.90 Å². The Hall–Kier alpha value is -2.25. The maximum Gasteiger partial charge on any atom is 0.337 e. The van der Waals surface area contributed by atoms with E-state index in [-0.39, 0.29) is 5.91 Å². The lowest BCUT2D eigenvalue weighted by Gasteiger charge is -2.34. The molecule has 7 heteroatoms. The summed E-state index contributed by atoms with van der Waals surface area (Å²) in [6, 6.07) is 6.62. The van der Waals surface area contributed by atoms with Gasteiger partial charge in [-0.1, -0.05) is 6.92 Å². The van der Waals surface area contributed by atoms with Crippen molar-refractivity contribution in [2.75, 3.05) is 33.3 Å². The Morgan fingerprint density at radius 3 is 2.35 bits per heavy atom. The lowest BCUT2D eigenvalue weighted by Crippen LogP contribution is -2.48. The zero-order chi connectivity index (χ0) is 18.5. The molecule has 1 amide bonds. The number of carbonyl (C=O) groups excluding carboxylic acids is 2. The molecule has 1 aromatic carbocycles. The second-order valence-electron chi connectivity index (χ2n) is 6.22. The summed E-state index contributed by atoms with van der Waals surface area (Å²) in [6.45, 7) is 6.03. The smallest absolute Gasteiger partial charge is 0.337 e. The predicted molar refractivity (Wildman–Crippen MR) is 100 cm³/mol. The van der Waals surface area contributed by atoms with Crippen LogP contribution in [0.3, 0.4) is 0 Å². The van der Waals surface area contributed by atoms with Crippen molar-refractivity contribution in [3.05, 3.63) is 51.5 Å². The second-order valence-corrected chi connectivity index (χ2v) is 7.17. The lowest BCUT2D eigenvalue weighted by molar-refractivity contribution is 0.0596. The number of rotatable bonds is 5. The Balaban J connectivity index is 1.53. The summed E-state index contributed by atoms with van der Waals surface area (Å²) in [6.07, 6.45) is 0.974. The molecule has 1 saturated heterocycles. The minimum atomic E-state index is -0.397. The number of piperazine rings is 1. The molecular weight excluding hydrogens is 350 g/mol. The zero-order valence-corrected chi connectivity index (χ0v) is 15.9. The van der Waals surface area contributed by atoms with Crippen molar-refractivity contribution in [1.29, 1.82) is 0 Å². The minimum Gasteiger partial charge on any atom is -0.465 e. The summed E-state index contributed by atoms with van der Waals surface area (Å²) in [4.78, 5) is 32.9. The molecule has 2 aromatic rings. The van der Waals surface area contributed by atoms with Crippen LogP contribution in [0, 0.1) is 0 Å². The van der Waals surface area contributed by atoms with Crippen LogP contribution in [0.2, 0.25) is 0 Å². The number of carbonyl (C=O) groups is 2. The van der Waals surface area contributed by atoms with Crippen LogP contribution in [-0.2, 0) is 17.7 Å². The zero-order valence-electron chi connectivity index (χ0n) is 15.1. The Morgan fingerprint density at radius 2 is 1.77 bits per heavy atom. The molecule has 6 nitrogen and oxygen atoms in total. The van der Waals surface area contributed by atoms with Gasteiger partial charge in [0.1, 0.15) is 0 Å². The quantitative estimate of drug-likeness (QED) is 0.754. The number of ether oxygens (including phenoxy) is 1. The molecular formula is C19H23N3O3S. The fourth-order valence-electron chi connectivity index (χ4n) is 2.97. The van der Waals surface area contributed by atoms with Crippen LogP contribution < -0.4 is 0 Å². The van der Waals surface area contributed by atoms with E-state index in [0.29, 0.717) is 24.2 Å². The van der Waals surface area contributed by atoms with E-state index in [2.05, 4.69) is 26.9 Å². The topological polar surface area (TPSA) is 62.7 Å². The number of hydrogen-bond acceptors (Lipinski definition) is 6. The van der Waals surface area contributed by atoms with Gasteiger partial charge in [-0.2, -0.15) is 0 Å². The molecule has 1 aliphatic heterocycles. The van der Waals surface area contributed by atoms with Crippen LogP contribution in [0.4, 0.5) is 0 Å². The van der Waals surface area contributed by atoms with Gasteiger partial charge in [-0.25, -0.2) is 9.78 Å². The third kappa shape index (κ3) is 4.28. The Morgan fingerprint density at radius 1 is 1.12 bits per heavy atom. The molecule has 26 heavy (non-hydrogen) atoms.